The van der Waals surface area contributed by atoms with E-state index >= 15 is 0 Å². The Morgan fingerprint density at radius 2 is 1.56 bits per heavy atom. The van der Waals surface area contributed by atoms with E-state index < -0.39 is 0 Å². The molecule has 0 aliphatic carbocycles. The largest absolute Gasteiger partial charge is 0.497 e. The smallest absolute Gasteiger partial charge is 0.266 e. The zero-order valence-corrected chi connectivity index (χ0v) is 20.2. The number of hydrogen-bond acceptors (Lipinski definition) is 8. The van der Waals surface area contributed by atoms with Crippen LogP contribution in [0, 0.1) is 0 Å². The number of benzene rings is 3. The van der Waals surface area contributed by atoms with Gasteiger partial charge >= 0.3 is 0 Å². The summed E-state index contributed by atoms with van der Waals surface area (Å²) in [7, 11) is 6.15. The average Bonchev–Trinajstić information content (AvgIpc) is 3.39. The minimum atomic E-state index is -0.308. The van der Waals surface area contributed by atoms with Gasteiger partial charge in [0.15, 0.2) is 23.0 Å². The Bertz CT molecular complexity index is 1540. The van der Waals surface area contributed by atoms with Crippen LogP contribution < -0.4 is 34.0 Å². The fourth-order valence-corrected chi connectivity index (χ4v) is 4.03. The molecule has 1 aliphatic heterocycles. The van der Waals surface area contributed by atoms with Crippen molar-refractivity contribution >= 4 is 23.1 Å². The molecule has 184 valence electrons. The van der Waals surface area contributed by atoms with Crippen molar-refractivity contribution in [3.05, 3.63) is 70.3 Å². The summed E-state index contributed by atoms with van der Waals surface area (Å²) in [4.78, 5) is 18.7. The molecule has 5 rings (SSSR count). The zero-order chi connectivity index (χ0) is 25.2. The van der Waals surface area contributed by atoms with Gasteiger partial charge in [-0.1, -0.05) is 12.1 Å². The highest BCUT2D eigenvalue weighted by molar-refractivity contribution is 5.84. The third kappa shape index (κ3) is 4.04. The maximum absolute atomic E-state index is 13.9. The monoisotopic (exact) mass is 488 g/mol. The second-order valence-electron chi connectivity index (χ2n) is 7.82. The van der Waals surface area contributed by atoms with Gasteiger partial charge in [0.1, 0.15) is 17.3 Å². The minimum absolute atomic E-state index is 0.190. The second-order valence-corrected chi connectivity index (χ2v) is 7.82. The second kappa shape index (κ2) is 9.53. The molecular formula is C27H24N2O7. The average molecular weight is 488 g/mol. The first-order valence-electron chi connectivity index (χ1n) is 11.0. The zero-order valence-electron chi connectivity index (χ0n) is 20.2. The number of nitrogens with zero attached hydrogens (tertiary/aromatic N) is 2. The lowest BCUT2D eigenvalue weighted by molar-refractivity contribution is 0.174. The summed E-state index contributed by atoms with van der Waals surface area (Å²) in [6.07, 6.45) is 3.60. The molecule has 9 nitrogen and oxygen atoms in total. The molecule has 9 heteroatoms. The molecule has 0 bridgehead atoms. The number of ether oxygens (including phenoxy) is 6. The van der Waals surface area contributed by atoms with Gasteiger partial charge in [0.05, 0.1) is 45.0 Å². The fraction of sp³-hybridized carbons (Fsp3) is 0.185. The van der Waals surface area contributed by atoms with Gasteiger partial charge in [0.25, 0.3) is 5.56 Å². The summed E-state index contributed by atoms with van der Waals surface area (Å²) in [6.45, 7) is 0.190. The van der Waals surface area contributed by atoms with Crippen molar-refractivity contribution in [1.29, 1.82) is 0 Å². The Morgan fingerprint density at radius 1 is 0.806 bits per heavy atom. The molecule has 0 unspecified atom stereocenters. The molecule has 3 aromatic carbocycles. The molecule has 1 aromatic heterocycles. The van der Waals surface area contributed by atoms with Crippen LogP contribution in [0.1, 0.15) is 11.4 Å². The Labute approximate surface area is 207 Å². The van der Waals surface area contributed by atoms with Crippen molar-refractivity contribution < 1.29 is 28.4 Å². The first-order valence-corrected chi connectivity index (χ1v) is 11.0. The highest BCUT2D eigenvalue weighted by atomic mass is 16.7. The van der Waals surface area contributed by atoms with Crippen molar-refractivity contribution in [3.8, 4) is 40.2 Å². The van der Waals surface area contributed by atoms with Gasteiger partial charge in [-0.15, -0.1) is 0 Å². The van der Waals surface area contributed by atoms with E-state index in [1.807, 2.05) is 24.3 Å². The molecule has 2 heterocycles. The molecule has 0 spiro atoms. The lowest BCUT2D eigenvalue weighted by atomic mass is 10.1. The number of rotatable bonds is 7. The number of methoxy groups -OCH3 is 4. The lowest BCUT2D eigenvalue weighted by Gasteiger charge is -2.16. The van der Waals surface area contributed by atoms with Crippen molar-refractivity contribution in [3.63, 3.8) is 0 Å². The molecule has 1 aliphatic rings. The van der Waals surface area contributed by atoms with Crippen molar-refractivity contribution in [1.82, 2.24) is 9.55 Å². The van der Waals surface area contributed by atoms with Crippen LogP contribution in [0.3, 0.4) is 0 Å². The minimum Gasteiger partial charge on any atom is -0.497 e. The molecule has 0 saturated carbocycles. The Balaban J connectivity index is 1.76. The molecule has 36 heavy (non-hydrogen) atoms. The van der Waals surface area contributed by atoms with Crippen molar-refractivity contribution in [2.75, 3.05) is 35.2 Å². The van der Waals surface area contributed by atoms with Gasteiger partial charge in [-0.2, -0.15) is 0 Å². The van der Waals surface area contributed by atoms with Gasteiger partial charge in [-0.25, -0.2) is 4.98 Å². The molecule has 0 fully saturated rings. The number of aromatic nitrogens is 2. The molecular weight excluding hydrogens is 464 g/mol. The van der Waals surface area contributed by atoms with Crippen LogP contribution in [0.4, 0.5) is 0 Å². The topological polar surface area (TPSA) is 90.3 Å². The van der Waals surface area contributed by atoms with E-state index in [1.54, 1.807) is 50.6 Å². The summed E-state index contributed by atoms with van der Waals surface area (Å²) < 4.78 is 34.2. The standard InChI is InChI=1S/C27H24N2O7/c1-31-17-7-9-21(32-2)20(12-17)29-26(10-6-16-5-8-22-25(11-16)36-15-35-22)28-19-14-24(34-4)23(33-3)13-18(19)27(29)30/h5-14H,15H2,1-4H3/b10-6+. The van der Waals surface area contributed by atoms with E-state index in [9.17, 15) is 4.79 Å². The predicted molar refractivity (Wildman–Crippen MR) is 135 cm³/mol. The molecule has 0 N–H and O–H groups in total. The van der Waals surface area contributed by atoms with Crippen molar-refractivity contribution in [2.24, 2.45) is 0 Å². The van der Waals surface area contributed by atoms with Gasteiger partial charge < -0.3 is 28.4 Å². The van der Waals surface area contributed by atoms with E-state index in [2.05, 4.69) is 0 Å². The van der Waals surface area contributed by atoms with Crippen LogP contribution in [-0.2, 0) is 0 Å². The highest BCUT2D eigenvalue weighted by Crippen LogP contribution is 2.34. The first kappa shape index (κ1) is 23.1. The Kier molecular flexibility index (Phi) is 6.12. The summed E-state index contributed by atoms with van der Waals surface area (Å²) in [5.41, 5.74) is 1.49. The predicted octanol–water partition coefficient (Wildman–Crippen LogP) is 4.32. The van der Waals surface area contributed by atoms with Crippen LogP contribution in [0.2, 0.25) is 0 Å². The summed E-state index contributed by atoms with van der Waals surface area (Å²) in [5.74, 6) is 3.68. The van der Waals surface area contributed by atoms with Gasteiger partial charge in [-0.05, 0) is 42.0 Å². The van der Waals surface area contributed by atoms with Crippen molar-refractivity contribution in [2.45, 2.75) is 0 Å². The van der Waals surface area contributed by atoms with E-state index in [-0.39, 0.29) is 12.4 Å². The highest BCUT2D eigenvalue weighted by Gasteiger charge is 2.19. The van der Waals surface area contributed by atoms with Gasteiger partial charge in [0.2, 0.25) is 6.79 Å². The molecule has 4 aromatic rings. The van der Waals surface area contributed by atoms with E-state index in [0.29, 0.717) is 56.9 Å². The Hall–Kier alpha value is -4.66. The van der Waals surface area contributed by atoms with E-state index in [1.165, 1.54) is 18.8 Å². The van der Waals surface area contributed by atoms with Crippen LogP contribution in [0.25, 0.3) is 28.7 Å². The van der Waals surface area contributed by atoms with E-state index in [0.717, 1.165) is 5.56 Å². The van der Waals surface area contributed by atoms with Gasteiger partial charge in [0, 0.05) is 12.1 Å². The summed E-state index contributed by atoms with van der Waals surface area (Å²) in [5, 5.41) is 0.359. The maximum atomic E-state index is 13.9. The van der Waals surface area contributed by atoms with Crippen LogP contribution in [0.15, 0.2) is 53.3 Å². The normalized spacial score (nSPS) is 12.2. The lowest BCUT2D eigenvalue weighted by Crippen LogP contribution is -2.23. The number of fused-ring (bicyclic) bond motifs is 2. The first-order chi connectivity index (χ1) is 17.6. The molecule has 0 radical (unpaired) electrons. The third-order valence-corrected chi connectivity index (χ3v) is 5.85. The Morgan fingerprint density at radius 3 is 2.31 bits per heavy atom. The quantitative estimate of drug-likeness (QED) is 0.380. The van der Waals surface area contributed by atoms with Crippen LogP contribution in [0.5, 0.6) is 34.5 Å². The van der Waals surface area contributed by atoms with Crippen LogP contribution in [-0.4, -0.2) is 44.8 Å². The summed E-state index contributed by atoms with van der Waals surface area (Å²) >= 11 is 0. The van der Waals surface area contributed by atoms with Crippen LogP contribution >= 0.6 is 0 Å². The third-order valence-electron chi connectivity index (χ3n) is 5.85. The number of hydrogen-bond donors (Lipinski definition) is 0. The molecule has 0 saturated heterocycles. The molecule has 0 amide bonds. The van der Waals surface area contributed by atoms with Gasteiger partial charge in [-0.3, -0.25) is 9.36 Å². The fourth-order valence-electron chi connectivity index (χ4n) is 4.03. The molecule has 0 atom stereocenters. The maximum Gasteiger partial charge on any atom is 0.266 e. The van der Waals surface area contributed by atoms with E-state index in [4.69, 9.17) is 33.4 Å². The SMILES string of the molecule is COc1ccc(OC)c(-n2c(/C=C/c3ccc4c(c3)OCO4)nc3cc(OC)c(OC)cc3c2=O)c1. The summed E-state index contributed by atoms with van der Waals surface area (Å²) in [6, 6.07) is 14.1.